The van der Waals surface area contributed by atoms with Crippen LogP contribution in [0, 0.1) is 6.92 Å². The Kier molecular flexibility index (Phi) is 4.35. The van der Waals surface area contributed by atoms with E-state index < -0.39 is 17.3 Å². The lowest BCUT2D eigenvalue weighted by Crippen LogP contribution is -2.30. The van der Waals surface area contributed by atoms with Gasteiger partial charge in [-0.05, 0) is 33.6 Å². The first-order valence-corrected chi connectivity index (χ1v) is 9.19. The zero-order valence-electron chi connectivity index (χ0n) is 16.5. The van der Waals surface area contributed by atoms with Crippen LogP contribution in [0.3, 0.4) is 0 Å². The van der Waals surface area contributed by atoms with Crippen molar-refractivity contribution in [2.24, 2.45) is 7.05 Å². The Balaban J connectivity index is 1.63. The number of nitrogens with one attached hydrogen (secondary N) is 1. The zero-order chi connectivity index (χ0) is 21.0. The topological polar surface area (TPSA) is 86.3 Å². The fraction of sp³-hybridized carbons (Fsp3) is 0.500. The molecule has 3 aromatic heterocycles. The molecule has 0 aromatic carbocycles. The van der Waals surface area contributed by atoms with Crippen molar-refractivity contribution in [3.05, 3.63) is 41.5 Å². The molecule has 0 radical (unpaired) electrons. The Morgan fingerprint density at radius 3 is 2.45 bits per heavy atom. The summed E-state index contributed by atoms with van der Waals surface area (Å²) < 4.78 is 43.0. The molecule has 4 rings (SSSR count). The van der Waals surface area contributed by atoms with Crippen molar-refractivity contribution in [1.82, 2.24) is 34.5 Å². The predicted octanol–water partition coefficient (Wildman–Crippen LogP) is 3.53. The van der Waals surface area contributed by atoms with Gasteiger partial charge < -0.3 is 5.32 Å². The van der Waals surface area contributed by atoms with Gasteiger partial charge in [0.1, 0.15) is 11.9 Å². The summed E-state index contributed by atoms with van der Waals surface area (Å²) in [7, 11) is 1.79. The lowest BCUT2D eigenvalue weighted by molar-refractivity contribution is -0.138. The normalized spacial score (nSPS) is 15.0. The van der Waals surface area contributed by atoms with Crippen molar-refractivity contribution in [2.75, 3.05) is 5.32 Å². The van der Waals surface area contributed by atoms with Crippen molar-refractivity contribution in [2.45, 2.75) is 51.2 Å². The van der Waals surface area contributed by atoms with Crippen LogP contribution in [0.2, 0.25) is 0 Å². The molecule has 0 aliphatic heterocycles. The lowest BCUT2D eigenvalue weighted by atomic mass is 10.1. The van der Waals surface area contributed by atoms with Gasteiger partial charge in [0.2, 0.25) is 5.95 Å². The molecule has 11 heteroatoms. The number of rotatable bonds is 5. The second kappa shape index (κ2) is 6.53. The average molecular weight is 406 g/mol. The maximum absolute atomic E-state index is 13.2. The van der Waals surface area contributed by atoms with Gasteiger partial charge in [-0.2, -0.15) is 23.4 Å². The van der Waals surface area contributed by atoms with Crippen molar-refractivity contribution < 1.29 is 13.2 Å². The minimum Gasteiger partial charge on any atom is -0.321 e. The van der Waals surface area contributed by atoms with Crippen molar-refractivity contribution in [1.29, 1.82) is 0 Å². The number of nitrogens with zero attached hydrogens (tertiary/aromatic N) is 7. The van der Waals surface area contributed by atoms with E-state index in [1.165, 1.54) is 0 Å². The highest BCUT2D eigenvalue weighted by Gasteiger charge is 2.40. The number of aryl methyl sites for hydroxylation is 2. The third-order valence-electron chi connectivity index (χ3n) is 4.95. The van der Waals surface area contributed by atoms with Crippen molar-refractivity contribution in [3.63, 3.8) is 0 Å². The van der Waals surface area contributed by atoms with E-state index in [1.54, 1.807) is 35.9 Å². The molecule has 154 valence electrons. The molecule has 29 heavy (non-hydrogen) atoms. The van der Waals surface area contributed by atoms with Crippen LogP contribution in [0.5, 0.6) is 0 Å². The van der Waals surface area contributed by atoms with Gasteiger partial charge in [0.25, 0.3) is 0 Å². The largest absolute Gasteiger partial charge is 0.419 e. The van der Waals surface area contributed by atoms with Crippen LogP contribution in [0.25, 0.3) is 0 Å². The Morgan fingerprint density at radius 2 is 1.86 bits per heavy atom. The summed E-state index contributed by atoms with van der Waals surface area (Å²) >= 11 is 0. The van der Waals surface area contributed by atoms with Gasteiger partial charge >= 0.3 is 6.18 Å². The van der Waals surface area contributed by atoms with Gasteiger partial charge in [0, 0.05) is 25.4 Å². The summed E-state index contributed by atoms with van der Waals surface area (Å²) in [5, 5.41) is 11.9. The minimum absolute atomic E-state index is 0.0538. The van der Waals surface area contributed by atoms with Crippen LogP contribution in [0.15, 0.2) is 18.7 Å². The molecule has 0 atom stereocenters. The molecule has 3 aromatic rings. The summed E-state index contributed by atoms with van der Waals surface area (Å²) in [5.74, 6) is 0.556. The number of anilines is 2. The number of hydrogen-bond acceptors (Lipinski definition) is 6. The first-order valence-electron chi connectivity index (χ1n) is 9.19. The fourth-order valence-corrected chi connectivity index (χ4v) is 3.05. The Morgan fingerprint density at radius 1 is 1.14 bits per heavy atom. The van der Waals surface area contributed by atoms with Crippen LogP contribution in [0.4, 0.5) is 24.8 Å². The smallest absolute Gasteiger partial charge is 0.321 e. The standard InChI is InChI=1S/C18H21F3N8/c1-10-13(8-29(26-10)17(2,3)15-23-9-28(4)27-15)24-16-22-7-12(18(19,20)21)14(25-16)11-5-6-11/h7-9,11H,5-6H2,1-4H3,(H,22,24,25). The molecule has 0 bridgehead atoms. The number of alkyl halides is 3. The SMILES string of the molecule is Cc1nn(C(C)(C)c2ncn(C)n2)cc1Nc1ncc(C(F)(F)F)c(C2CC2)n1. The van der Waals surface area contributed by atoms with Crippen LogP contribution in [-0.4, -0.2) is 34.5 Å². The molecule has 0 spiro atoms. The van der Waals surface area contributed by atoms with E-state index in [4.69, 9.17) is 0 Å². The molecule has 1 aliphatic carbocycles. The summed E-state index contributed by atoms with van der Waals surface area (Å²) in [4.78, 5) is 12.3. The molecule has 8 nitrogen and oxygen atoms in total. The van der Waals surface area contributed by atoms with E-state index in [0.717, 1.165) is 6.20 Å². The van der Waals surface area contributed by atoms with E-state index in [9.17, 15) is 13.2 Å². The number of halogens is 3. The van der Waals surface area contributed by atoms with Crippen LogP contribution in [0.1, 0.15) is 55.4 Å². The predicted molar refractivity (Wildman–Crippen MR) is 98.7 cm³/mol. The first-order chi connectivity index (χ1) is 13.6. The first kappa shape index (κ1) is 19.3. The maximum atomic E-state index is 13.2. The zero-order valence-corrected chi connectivity index (χ0v) is 16.5. The van der Waals surface area contributed by atoms with Gasteiger partial charge in [-0.3, -0.25) is 9.36 Å². The molecular formula is C18H21F3N8. The molecule has 1 N–H and O–H groups in total. The van der Waals surface area contributed by atoms with Gasteiger partial charge in [0.05, 0.1) is 22.6 Å². The Hall–Kier alpha value is -2.98. The van der Waals surface area contributed by atoms with Gasteiger partial charge in [-0.15, -0.1) is 0 Å². The maximum Gasteiger partial charge on any atom is 0.419 e. The van der Waals surface area contributed by atoms with E-state index >= 15 is 0 Å². The monoisotopic (exact) mass is 406 g/mol. The molecule has 0 unspecified atom stereocenters. The fourth-order valence-electron chi connectivity index (χ4n) is 3.05. The minimum atomic E-state index is -4.46. The van der Waals surface area contributed by atoms with Gasteiger partial charge in [0.15, 0.2) is 5.82 Å². The molecule has 1 fully saturated rings. The van der Waals surface area contributed by atoms with Gasteiger partial charge in [-0.1, -0.05) is 0 Å². The molecule has 0 saturated heterocycles. The van der Waals surface area contributed by atoms with Crippen molar-refractivity contribution in [3.8, 4) is 0 Å². The van der Waals surface area contributed by atoms with Crippen LogP contribution in [-0.2, 0) is 18.8 Å². The van der Waals surface area contributed by atoms with E-state index in [0.29, 0.717) is 30.0 Å². The van der Waals surface area contributed by atoms with E-state index in [-0.39, 0.29) is 17.6 Å². The summed E-state index contributed by atoms with van der Waals surface area (Å²) in [6.45, 7) is 5.66. The number of hydrogen-bond donors (Lipinski definition) is 1. The highest BCUT2D eigenvalue weighted by Crippen LogP contribution is 2.45. The van der Waals surface area contributed by atoms with Gasteiger partial charge in [-0.25, -0.2) is 15.0 Å². The van der Waals surface area contributed by atoms with Crippen molar-refractivity contribution >= 4 is 11.6 Å². The molecule has 1 saturated carbocycles. The average Bonchev–Trinajstić information content (AvgIpc) is 3.29. The summed E-state index contributed by atoms with van der Waals surface area (Å²) in [5.41, 5.74) is -0.0640. The highest BCUT2D eigenvalue weighted by molar-refractivity contribution is 5.55. The molecular weight excluding hydrogens is 385 g/mol. The second-order valence-electron chi connectivity index (χ2n) is 7.76. The van der Waals surface area contributed by atoms with E-state index in [1.807, 2.05) is 13.8 Å². The third-order valence-corrected chi connectivity index (χ3v) is 4.95. The lowest BCUT2D eigenvalue weighted by Gasteiger charge is -2.21. The van der Waals surface area contributed by atoms with E-state index in [2.05, 4.69) is 30.5 Å². The quantitative estimate of drug-likeness (QED) is 0.698. The highest BCUT2D eigenvalue weighted by atomic mass is 19.4. The summed E-state index contributed by atoms with van der Waals surface area (Å²) in [6.07, 6.45) is 1.18. The Labute approximate surface area is 165 Å². The molecule has 0 amide bonds. The van der Waals surface area contributed by atoms with Crippen LogP contribution >= 0.6 is 0 Å². The number of aromatic nitrogens is 7. The Bertz CT molecular complexity index is 1050. The second-order valence-corrected chi connectivity index (χ2v) is 7.76. The third kappa shape index (κ3) is 3.68. The molecule has 3 heterocycles. The van der Waals surface area contributed by atoms with Crippen LogP contribution < -0.4 is 5.32 Å². The summed E-state index contributed by atoms with van der Waals surface area (Å²) in [6, 6.07) is 0. The molecule has 1 aliphatic rings.